The Bertz CT molecular complexity index is 1480. The van der Waals surface area contributed by atoms with Crippen molar-refractivity contribution in [3.8, 4) is 11.5 Å². The van der Waals surface area contributed by atoms with Crippen molar-refractivity contribution >= 4 is 35.4 Å². The third-order valence-electron chi connectivity index (χ3n) is 6.28. The maximum atomic E-state index is 13.7. The molecule has 0 bridgehead atoms. The molecular formula is C30H26N6O4. The lowest BCUT2D eigenvalue weighted by Gasteiger charge is -2.24. The fourth-order valence-electron chi connectivity index (χ4n) is 4.41. The van der Waals surface area contributed by atoms with Crippen LogP contribution in [0, 0.1) is 0 Å². The maximum absolute atomic E-state index is 13.7. The number of phenols is 2. The van der Waals surface area contributed by atoms with Crippen molar-refractivity contribution in [2.75, 3.05) is 36.8 Å². The van der Waals surface area contributed by atoms with Crippen LogP contribution in [0.3, 0.4) is 0 Å². The summed E-state index contributed by atoms with van der Waals surface area (Å²) >= 11 is 0. The SMILES string of the molecule is O=C1c2c(O)ccc(O)c2C(=O)c2c(NCC/N=C/c3ccncc3)ccc(NCC/N=C/c3ccncc3)c21. The number of nitrogens with one attached hydrogen (secondary N) is 2. The highest BCUT2D eigenvalue weighted by molar-refractivity contribution is 6.33. The Labute approximate surface area is 230 Å². The average molecular weight is 535 g/mol. The molecule has 1 aliphatic rings. The molecule has 40 heavy (non-hydrogen) atoms. The van der Waals surface area contributed by atoms with Gasteiger partial charge < -0.3 is 20.8 Å². The minimum Gasteiger partial charge on any atom is -0.507 e. The first kappa shape index (κ1) is 26.2. The van der Waals surface area contributed by atoms with Gasteiger partial charge in [-0.15, -0.1) is 0 Å². The Morgan fingerprint density at radius 3 is 1.40 bits per heavy atom. The molecule has 4 N–H and O–H groups in total. The first-order valence-electron chi connectivity index (χ1n) is 12.6. The van der Waals surface area contributed by atoms with E-state index in [-0.39, 0.29) is 33.8 Å². The van der Waals surface area contributed by atoms with Gasteiger partial charge in [0, 0.05) is 61.7 Å². The lowest BCUT2D eigenvalue weighted by atomic mass is 9.81. The monoisotopic (exact) mass is 534 g/mol. The van der Waals surface area contributed by atoms with Gasteiger partial charge in [-0.1, -0.05) is 0 Å². The summed E-state index contributed by atoms with van der Waals surface area (Å²) in [5.74, 6) is -1.85. The number of hydrogen-bond donors (Lipinski definition) is 4. The van der Waals surface area contributed by atoms with E-state index in [9.17, 15) is 19.8 Å². The number of benzene rings is 2. The molecule has 10 heteroatoms. The zero-order valence-electron chi connectivity index (χ0n) is 21.4. The summed E-state index contributed by atoms with van der Waals surface area (Å²) < 4.78 is 0. The molecule has 0 amide bonds. The van der Waals surface area contributed by atoms with E-state index >= 15 is 0 Å². The number of ketones is 2. The van der Waals surface area contributed by atoms with Crippen molar-refractivity contribution < 1.29 is 19.8 Å². The molecule has 0 saturated carbocycles. The topological polar surface area (TPSA) is 149 Å². The third-order valence-corrected chi connectivity index (χ3v) is 6.28. The van der Waals surface area contributed by atoms with Crippen LogP contribution < -0.4 is 10.6 Å². The summed E-state index contributed by atoms with van der Waals surface area (Å²) in [6.07, 6.45) is 10.2. The van der Waals surface area contributed by atoms with Gasteiger partial charge in [-0.3, -0.25) is 29.5 Å². The molecule has 0 radical (unpaired) electrons. The third kappa shape index (κ3) is 5.56. The summed E-state index contributed by atoms with van der Waals surface area (Å²) in [6, 6.07) is 13.2. The molecule has 0 aliphatic heterocycles. The smallest absolute Gasteiger partial charge is 0.200 e. The molecule has 10 nitrogen and oxygen atoms in total. The lowest BCUT2D eigenvalue weighted by Crippen LogP contribution is -2.25. The van der Waals surface area contributed by atoms with E-state index in [1.54, 1.807) is 49.3 Å². The Morgan fingerprint density at radius 2 is 1.00 bits per heavy atom. The maximum Gasteiger partial charge on any atom is 0.200 e. The Hall–Kier alpha value is -5.38. The Morgan fingerprint density at radius 1 is 0.600 bits per heavy atom. The molecule has 4 aromatic rings. The quantitative estimate of drug-likeness (QED) is 0.120. The minimum atomic E-state index is -0.555. The first-order valence-corrected chi connectivity index (χ1v) is 12.6. The van der Waals surface area contributed by atoms with E-state index in [1.807, 2.05) is 24.3 Å². The highest BCUT2D eigenvalue weighted by atomic mass is 16.3. The molecule has 5 rings (SSSR count). The second-order valence-electron chi connectivity index (χ2n) is 8.91. The highest BCUT2D eigenvalue weighted by Gasteiger charge is 2.37. The number of carbonyl (C=O) groups is 2. The van der Waals surface area contributed by atoms with Crippen molar-refractivity contribution in [1.29, 1.82) is 0 Å². The number of pyridine rings is 2. The standard InChI is InChI=1S/C30H26N6O4/c37-23-3-4-24(38)28-27(23)29(39)25-21(35-15-13-33-17-19-5-9-31-10-6-19)1-2-22(26(25)30(28)40)36-16-14-34-18-20-7-11-32-12-8-20/h1-12,17-18,35-38H,13-16H2/b33-17+,34-18+. The molecule has 2 aromatic heterocycles. The van der Waals surface area contributed by atoms with E-state index in [0.29, 0.717) is 37.6 Å². The second-order valence-corrected chi connectivity index (χ2v) is 8.91. The molecule has 2 aromatic carbocycles. The van der Waals surface area contributed by atoms with Crippen molar-refractivity contribution in [3.63, 3.8) is 0 Å². The van der Waals surface area contributed by atoms with Gasteiger partial charge >= 0.3 is 0 Å². The van der Waals surface area contributed by atoms with Gasteiger partial charge in [0.1, 0.15) is 11.5 Å². The molecule has 2 heterocycles. The number of rotatable bonds is 10. The van der Waals surface area contributed by atoms with Gasteiger partial charge in [0.15, 0.2) is 0 Å². The van der Waals surface area contributed by atoms with E-state index in [1.165, 1.54) is 12.1 Å². The molecule has 200 valence electrons. The largest absolute Gasteiger partial charge is 0.507 e. The zero-order chi connectivity index (χ0) is 27.9. The minimum absolute atomic E-state index is 0.127. The van der Waals surface area contributed by atoms with Gasteiger partial charge in [0.2, 0.25) is 11.6 Å². The Balaban J connectivity index is 1.38. The van der Waals surface area contributed by atoms with Crippen molar-refractivity contribution in [2.24, 2.45) is 9.98 Å². The first-order chi connectivity index (χ1) is 19.5. The van der Waals surface area contributed by atoms with Gasteiger partial charge in [0.25, 0.3) is 0 Å². The summed E-state index contributed by atoms with van der Waals surface area (Å²) in [5, 5.41) is 27.3. The summed E-state index contributed by atoms with van der Waals surface area (Å²) in [6.45, 7) is 1.62. The van der Waals surface area contributed by atoms with Crippen LogP contribution in [-0.4, -0.2) is 70.4 Å². The van der Waals surface area contributed by atoms with Crippen LogP contribution >= 0.6 is 0 Å². The van der Waals surface area contributed by atoms with Crippen molar-refractivity contribution in [3.05, 3.63) is 107 Å². The number of hydrogen-bond acceptors (Lipinski definition) is 10. The van der Waals surface area contributed by atoms with Crippen molar-refractivity contribution in [1.82, 2.24) is 9.97 Å². The molecule has 0 atom stereocenters. The molecule has 0 spiro atoms. The molecule has 0 unspecified atom stereocenters. The number of nitrogens with zero attached hydrogens (tertiary/aromatic N) is 4. The predicted molar refractivity (Wildman–Crippen MR) is 153 cm³/mol. The number of aromatic hydroxyl groups is 2. The lowest BCUT2D eigenvalue weighted by molar-refractivity contribution is 0.0975. The number of fused-ring (bicyclic) bond motifs is 2. The van der Waals surface area contributed by atoms with Crippen LogP contribution in [-0.2, 0) is 0 Å². The van der Waals surface area contributed by atoms with Gasteiger partial charge in [0.05, 0.1) is 35.3 Å². The van der Waals surface area contributed by atoms with Crippen LogP contribution in [0.5, 0.6) is 11.5 Å². The number of anilines is 2. The molecule has 0 saturated heterocycles. The zero-order valence-corrected chi connectivity index (χ0v) is 21.4. The van der Waals surface area contributed by atoms with Crippen molar-refractivity contribution in [2.45, 2.75) is 0 Å². The molecular weight excluding hydrogens is 508 g/mol. The second kappa shape index (κ2) is 12.0. The molecule has 0 fully saturated rings. The van der Waals surface area contributed by atoms with Gasteiger partial charge in [-0.25, -0.2) is 0 Å². The fraction of sp³-hybridized carbons (Fsp3) is 0.133. The predicted octanol–water partition coefficient (Wildman–Crippen LogP) is 3.73. The van der Waals surface area contributed by atoms with Gasteiger partial charge in [-0.05, 0) is 59.7 Å². The van der Waals surface area contributed by atoms with Crippen LogP contribution in [0.15, 0.2) is 83.3 Å². The Kier molecular flexibility index (Phi) is 7.87. The number of carbonyl (C=O) groups excluding carboxylic acids is 2. The summed E-state index contributed by atoms with van der Waals surface area (Å²) in [7, 11) is 0. The number of aliphatic imine (C=N–C) groups is 2. The van der Waals surface area contributed by atoms with E-state index < -0.39 is 11.6 Å². The number of aromatic nitrogens is 2. The number of phenolic OH excluding ortho intramolecular Hbond substituents is 2. The van der Waals surface area contributed by atoms with E-state index in [4.69, 9.17) is 0 Å². The van der Waals surface area contributed by atoms with E-state index in [2.05, 4.69) is 30.6 Å². The summed E-state index contributed by atoms with van der Waals surface area (Å²) in [4.78, 5) is 44.0. The molecule has 1 aliphatic carbocycles. The van der Waals surface area contributed by atoms with Crippen LogP contribution in [0.4, 0.5) is 11.4 Å². The van der Waals surface area contributed by atoms with Crippen LogP contribution in [0.1, 0.15) is 43.0 Å². The average Bonchev–Trinajstić information content (AvgIpc) is 2.98. The van der Waals surface area contributed by atoms with E-state index in [0.717, 1.165) is 11.1 Å². The highest BCUT2D eigenvalue weighted by Crippen LogP contribution is 2.42. The van der Waals surface area contributed by atoms with Crippen LogP contribution in [0.25, 0.3) is 0 Å². The normalized spacial score (nSPS) is 12.5. The summed E-state index contributed by atoms with van der Waals surface area (Å²) in [5.41, 5.74) is 2.53. The van der Waals surface area contributed by atoms with Gasteiger partial charge in [-0.2, -0.15) is 0 Å². The van der Waals surface area contributed by atoms with Crippen LogP contribution in [0.2, 0.25) is 0 Å². The fourth-order valence-corrected chi connectivity index (χ4v) is 4.41.